The second-order valence-corrected chi connectivity index (χ2v) is 4.33. The van der Waals surface area contributed by atoms with Crippen LogP contribution in [-0.4, -0.2) is 15.6 Å². The van der Waals surface area contributed by atoms with E-state index in [1.807, 2.05) is 25.1 Å². The van der Waals surface area contributed by atoms with Crippen LogP contribution in [0, 0.1) is 6.92 Å². The summed E-state index contributed by atoms with van der Waals surface area (Å²) in [5, 5.41) is 0. The van der Waals surface area contributed by atoms with E-state index in [9.17, 15) is 0 Å². The van der Waals surface area contributed by atoms with Crippen LogP contribution in [0.4, 0.5) is 0 Å². The SMILES string of the molecule is CCC(N)C(C)n1c(C)nc2ccccc21. The van der Waals surface area contributed by atoms with Gasteiger partial charge in [-0.2, -0.15) is 0 Å². The maximum atomic E-state index is 6.12. The number of fused-ring (bicyclic) bond motifs is 1. The Morgan fingerprint density at radius 1 is 1.38 bits per heavy atom. The molecule has 0 radical (unpaired) electrons. The summed E-state index contributed by atoms with van der Waals surface area (Å²) < 4.78 is 2.24. The molecule has 1 aromatic carbocycles. The molecule has 0 amide bonds. The number of rotatable bonds is 3. The Morgan fingerprint density at radius 2 is 2.06 bits per heavy atom. The van der Waals surface area contributed by atoms with Gasteiger partial charge in [-0.1, -0.05) is 19.1 Å². The van der Waals surface area contributed by atoms with Crippen molar-refractivity contribution >= 4 is 11.0 Å². The summed E-state index contributed by atoms with van der Waals surface area (Å²) in [6.45, 7) is 6.32. The molecule has 0 aliphatic rings. The molecule has 1 heterocycles. The molecule has 2 atom stereocenters. The van der Waals surface area contributed by atoms with Crippen LogP contribution in [0.1, 0.15) is 32.1 Å². The molecule has 2 N–H and O–H groups in total. The molecule has 3 nitrogen and oxygen atoms in total. The lowest BCUT2D eigenvalue weighted by molar-refractivity contribution is 0.433. The van der Waals surface area contributed by atoms with Crippen LogP contribution in [0.3, 0.4) is 0 Å². The fraction of sp³-hybridized carbons (Fsp3) is 0.462. The van der Waals surface area contributed by atoms with Crippen molar-refractivity contribution in [2.75, 3.05) is 0 Å². The maximum Gasteiger partial charge on any atom is 0.107 e. The highest BCUT2D eigenvalue weighted by Gasteiger charge is 2.17. The minimum atomic E-state index is 0.177. The van der Waals surface area contributed by atoms with Gasteiger partial charge in [0, 0.05) is 12.1 Å². The molecule has 16 heavy (non-hydrogen) atoms. The van der Waals surface area contributed by atoms with E-state index in [0.29, 0.717) is 0 Å². The van der Waals surface area contributed by atoms with Gasteiger partial charge < -0.3 is 10.3 Å². The summed E-state index contributed by atoms with van der Waals surface area (Å²) >= 11 is 0. The first-order valence-electron chi connectivity index (χ1n) is 5.84. The van der Waals surface area contributed by atoms with E-state index in [1.54, 1.807) is 0 Å². The zero-order valence-electron chi connectivity index (χ0n) is 10.1. The fourth-order valence-electron chi connectivity index (χ4n) is 2.21. The molecule has 2 unspecified atom stereocenters. The highest BCUT2D eigenvalue weighted by molar-refractivity contribution is 5.76. The van der Waals surface area contributed by atoms with Crippen LogP contribution >= 0.6 is 0 Å². The van der Waals surface area contributed by atoms with Crippen molar-refractivity contribution in [3.63, 3.8) is 0 Å². The van der Waals surface area contributed by atoms with Gasteiger partial charge in [0.25, 0.3) is 0 Å². The van der Waals surface area contributed by atoms with Gasteiger partial charge in [-0.25, -0.2) is 4.98 Å². The van der Waals surface area contributed by atoms with Crippen LogP contribution in [0.15, 0.2) is 24.3 Å². The minimum absolute atomic E-state index is 0.177. The van der Waals surface area contributed by atoms with E-state index < -0.39 is 0 Å². The summed E-state index contributed by atoms with van der Waals surface area (Å²) in [7, 11) is 0. The van der Waals surface area contributed by atoms with Gasteiger partial charge in [-0.3, -0.25) is 0 Å². The normalized spacial score (nSPS) is 15.2. The average Bonchev–Trinajstić information content (AvgIpc) is 2.63. The molecule has 0 saturated carbocycles. The quantitative estimate of drug-likeness (QED) is 0.859. The molecule has 0 saturated heterocycles. The van der Waals surface area contributed by atoms with Crippen molar-refractivity contribution in [2.24, 2.45) is 5.73 Å². The van der Waals surface area contributed by atoms with Gasteiger partial charge in [-0.15, -0.1) is 0 Å². The standard InChI is InChI=1S/C13H19N3/c1-4-11(14)9(2)16-10(3)15-12-7-5-6-8-13(12)16/h5-9,11H,4,14H2,1-3H3. The molecule has 0 aliphatic heterocycles. The van der Waals surface area contributed by atoms with Gasteiger partial charge in [0.2, 0.25) is 0 Å². The molecular weight excluding hydrogens is 198 g/mol. The van der Waals surface area contributed by atoms with E-state index in [0.717, 1.165) is 17.8 Å². The lowest BCUT2D eigenvalue weighted by Crippen LogP contribution is -2.30. The zero-order chi connectivity index (χ0) is 11.7. The topological polar surface area (TPSA) is 43.8 Å². The fourth-order valence-corrected chi connectivity index (χ4v) is 2.21. The summed E-state index contributed by atoms with van der Waals surface area (Å²) in [4.78, 5) is 4.56. The molecule has 2 aromatic rings. The van der Waals surface area contributed by atoms with Gasteiger partial charge >= 0.3 is 0 Å². The second-order valence-electron chi connectivity index (χ2n) is 4.33. The number of hydrogen-bond donors (Lipinski definition) is 1. The van der Waals surface area contributed by atoms with Crippen molar-refractivity contribution in [3.05, 3.63) is 30.1 Å². The van der Waals surface area contributed by atoms with E-state index in [-0.39, 0.29) is 12.1 Å². The number of para-hydroxylation sites is 2. The van der Waals surface area contributed by atoms with Crippen molar-refractivity contribution < 1.29 is 0 Å². The van der Waals surface area contributed by atoms with E-state index >= 15 is 0 Å². The van der Waals surface area contributed by atoms with Crippen LogP contribution in [0.5, 0.6) is 0 Å². The Morgan fingerprint density at radius 3 is 2.75 bits per heavy atom. The Labute approximate surface area is 96.3 Å². The van der Waals surface area contributed by atoms with Crippen LogP contribution in [0.25, 0.3) is 11.0 Å². The second kappa shape index (κ2) is 4.26. The molecule has 2 rings (SSSR count). The highest BCUT2D eigenvalue weighted by atomic mass is 15.1. The van der Waals surface area contributed by atoms with Gasteiger partial charge in [-0.05, 0) is 32.4 Å². The maximum absolute atomic E-state index is 6.12. The summed E-state index contributed by atoms with van der Waals surface area (Å²) in [5.74, 6) is 1.04. The van der Waals surface area contributed by atoms with Crippen molar-refractivity contribution in [1.29, 1.82) is 0 Å². The summed E-state index contributed by atoms with van der Waals surface area (Å²) in [6, 6.07) is 8.68. The Bertz CT molecular complexity index is 487. The summed E-state index contributed by atoms with van der Waals surface area (Å²) in [5.41, 5.74) is 8.35. The molecule has 0 aliphatic carbocycles. The third-order valence-electron chi connectivity index (χ3n) is 3.27. The molecule has 0 spiro atoms. The average molecular weight is 217 g/mol. The highest BCUT2D eigenvalue weighted by Crippen LogP contribution is 2.22. The van der Waals surface area contributed by atoms with Gasteiger partial charge in [0.15, 0.2) is 0 Å². The number of nitrogens with two attached hydrogens (primary N) is 1. The number of hydrogen-bond acceptors (Lipinski definition) is 2. The number of aromatic nitrogens is 2. The van der Waals surface area contributed by atoms with Crippen molar-refractivity contribution in [1.82, 2.24) is 9.55 Å². The lowest BCUT2D eigenvalue weighted by Gasteiger charge is -2.22. The third-order valence-corrected chi connectivity index (χ3v) is 3.27. The molecule has 86 valence electrons. The Hall–Kier alpha value is -1.35. The monoisotopic (exact) mass is 217 g/mol. The van der Waals surface area contributed by atoms with Crippen LogP contribution in [-0.2, 0) is 0 Å². The first-order valence-corrected chi connectivity index (χ1v) is 5.84. The minimum Gasteiger partial charge on any atom is -0.326 e. The predicted molar refractivity (Wildman–Crippen MR) is 67.4 cm³/mol. The number of aryl methyl sites for hydroxylation is 1. The molecule has 3 heteroatoms. The zero-order valence-corrected chi connectivity index (χ0v) is 10.1. The van der Waals surface area contributed by atoms with Crippen molar-refractivity contribution in [2.45, 2.75) is 39.3 Å². The number of benzene rings is 1. The van der Waals surface area contributed by atoms with Crippen LogP contribution in [0.2, 0.25) is 0 Å². The molecule has 1 aromatic heterocycles. The molecule has 0 fully saturated rings. The summed E-state index contributed by atoms with van der Waals surface area (Å²) in [6.07, 6.45) is 0.979. The number of nitrogens with zero attached hydrogens (tertiary/aromatic N) is 2. The first kappa shape index (κ1) is 11.1. The third kappa shape index (κ3) is 1.71. The Balaban J connectivity index is 2.54. The van der Waals surface area contributed by atoms with E-state index in [1.165, 1.54) is 5.52 Å². The van der Waals surface area contributed by atoms with Crippen LogP contribution < -0.4 is 5.73 Å². The predicted octanol–water partition coefficient (Wildman–Crippen LogP) is 2.64. The molecule has 0 bridgehead atoms. The Kier molecular flexibility index (Phi) is 2.97. The first-order chi connectivity index (χ1) is 7.65. The lowest BCUT2D eigenvalue weighted by atomic mass is 10.1. The smallest absolute Gasteiger partial charge is 0.107 e. The van der Waals surface area contributed by atoms with E-state index in [4.69, 9.17) is 5.73 Å². The van der Waals surface area contributed by atoms with Gasteiger partial charge in [0.1, 0.15) is 5.82 Å². The van der Waals surface area contributed by atoms with Gasteiger partial charge in [0.05, 0.1) is 11.0 Å². The molecular formula is C13H19N3. The largest absolute Gasteiger partial charge is 0.326 e. The van der Waals surface area contributed by atoms with E-state index in [2.05, 4.69) is 29.5 Å². The number of imidazole rings is 1. The van der Waals surface area contributed by atoms with Crippen molar-refractivity contribution in [3.8, 4) is 0 Å².